The molecule has 1 saturated heterocycles. The molecule has 1 fully saturated rings. The number of carbonyl (C=O) groups excluding carboxylic acids is 2. The Balaban J connectivity index is 1.25. The highest BCUT2D eigenvalue weighted by Gasteiger charge is 2.27. The van der Waals surface area contributed by atoms with E-state index in [9.17, 15) is 24.3 Å². The number of anilines is 2. The third kappa shape index (κ3) is 9.02. The fraction of sp³-hybridized carbons (Fsp3) is 0.243. The van der Waals surface area contributed by atoms with Gasteiger partial charge in [0.1, 0.15) is 5.69 Å². The second-order valence-corrected chi connectivity index (χ2v) is 14.1. The van der Waals surface area contributed by atoms with E-state index in [0.29, 0.717) is 52.3 Å². The number of nitrogens with one attached hydrogen (secondary N) is 2. The standard InChI is InChI=1S/C37H36BrN7O7S/c1-39-35(48)24-10-12-28(13-11-24)45-21-27(41-42-45)20-44(19-23-14-16-43(17-15-23)37(51)40-26-7-3-2-4-8-26)29-9-5-6-25(18-29)33-31(38)32(52-22-30(46)47)34(53-33)36(49)50/h2-13,18,21,23H,14-17,19-20,22H2,1H3,(H,39,48)(H,40,51)(H,46,47)(H,49,50). The molecule has 0 radical (unpaired) electrons. The monoisotopic (exact) mass is 801 g/mol. The minimum atomic E-state index is -1.23. The minimum absolute atomic E-state index is 0.0369. The molecule has 14 nitrogen and oxygen atoms in total. The van der Waals surface area contributed by atoms with Crippen LogP contribution in [-0.4, -0.2) is 87.3 Å². The van der Waals surface area contributed by atoms with E-state index in [-0.39, 0.29) is 28.5 Å². The summed E-state index contributed by atoms with van der Waals surface area (Å²) >= 11 is 4.46. The average Bonchev–Trinajstić information content (AvgIpc) is 3.78. The molecule has 0 atom stereocenters. The summed E-state index contributed by atoms with van der Waals surface area (Å²) in [7, 11) is 1.58. The number of aromatic nitrogens is 3. The molecule has 3 heterocycles. The number of nitrogens with zero attached hydrogens (tertiary/aromatic N) is 5. The number of rotatable bonds is 13. The number of aromatic carboxylic acids is 1. The molecule has 4 N–H and O–H groups in total. The van der Waals surface area contributed by atoms with Gasteiger partial charge in [-0.15, -0.1) is 16.4 Å². The summed E-state index contributed by atoms with van der Waals surface area (Å²) < 4.78 is 7.38. The fourth-order valence-electron chi connectivity index (χ4n) is 6.05. The molecule has 0 unspecified atom stereocenters. The summed E-state index contributed by atoms with van der Waals surface area (Å²) in [5.41, 5.74) is 4.27. The average molecular weight is 803 g/mol. The number of para-hydroxylation sites is 1. The molecular formula is C37H36BrN7O7S. The van der Waals surface area contributed by atoms with Gasteiger partial charge < -0.3 is 35.4 Å². The minimum Gasteiger partial charge on any atom is -0.479 e. The Bertz CT molecular complexity index is 2100. The van der Waals surface area contributed by atoms with Crippen LogP contribution in [0.15, 0.2) is 89.5 Å². The van der Waals surface area contributed by atoms with Crippen molar-refractivity contribution in [2.24, 2.45) is 5.92 Å². The van der Waals surface area contributed by atoms with Crippen LogP contribution in [0.2, 0.25) is 0 Å². The van der Waals surface area contributed by atoms with Crippen LogP contribution < -0.4 is 20.3 Å². The second kappa shape index (κ2) is 16.7. The number of amides is 3. The lowest BCUT2D eigenvalue weighted by Gasteiger charge is -2.35. The van der Waals surface area contributed by atoms with Crippen molar-refractivity contribution in [1.29, 1.82) is 0 Å². The number of carboxylic acids is 2. The zero-order valence-corrected chi connectivity index (χ0v) is 31.0. The van der Waals surface area contributed by atoms with Crippen LogP contribution in [0, 0.1) is 5.92 Å². The Morgan fingerprint density at radius 3 is 2.42 bits per heavy atom. The van der Waals surface area contributed by atoms with E-state index in [1.807, 2.05) is 65.7 Å². The molecule has 274 valence electrons. The Morgan fingerprint density at radius 2 is 1.74 bits per heavy atom. The summed E-state index contributed by atoms with van der Waals surface area (Å²) in [5, 5.41) is 33.4. The number of hydrogen-bond donors (Lipinski definition) is 4. The lowest BCUT2D eigenvalue weighted by Crippen LogP contribution is -2.43. The van der Waals surface area contributed by atoms with Crippen molar-refractivity contribution in [3.05, 3.63) is 106 Å². The van der Waals surface area contributed by atoms with E-state index < -0.39 is 18.5 Å². The first-order chi connectivity index (χ1) is 25.6. The number of carboxylic acid groups (broad SMARTS) is 2. The third-order valence-electron chi connectivity index (χ3n) is 8.74. The summed E-state index contributed by atoms with van der Waals surface area (Å²) in [6.07, 6.45) is 3.40. The molecule has 0 bridgehead atoms. The summed E-state index contributed by atoms with van der Waals surface area (Å²) in [4.78, 5) is 52.7. The topological polar surface area (TPSA) is 179 Å². The van der Waals surface area contributed by atoms with Gasteiger partial charge in [0.2, 0.25) is 0 Å². The van der Waals surface area contributed by atoms with Gasteiger partial charge in [-0.05, 0) is 88.8 Å². The maximum absolute atomic E-state index is 13.0. The number of benzene rings is 3. The van der Waals surface area contributed by atoms with Crippen LogP contribution in [0.4, 0.5) is 16.2 Å². The highest BCUT2D eigenvalue weighted by atomic mass is 79.9. The first-order valence-corrected chi connectivity index (χ1v) is 18.3. The van der Waals surface area contributed by atoms with E-state index in [0.717, 1.165) is 41.2 Å². The number of aliphatic carboxylic acids is 1. The van der Waals surface area contributed by atoms with Gasteiger partial charge in [-0.2, -0.15) is 0 Å². The normalized spacial score (nSPS) is 13.0. The summed E-state index contributed by atoms with van der Waals surface area (Å²) in [5.74, 6) is -2.43. The van der Waals surface area contributed by atoms with Crippen LogP contribution in [0.25, 0.3) is 16.1 Å². The molecule has 2 aromatic heterocycles. The van der Waals surface area contributed by atoms with Gasteiger partial charge in [0.15, 0.2) is 17.2 Å². The molecule has 0 aliphatic carbocycles. The number of piperidine rings is 1. The summed E-state index contributed by atoms with van der Waals surface area (Å²) in [6, 6.07) is 23.9. The van der Waals surface area contributed by atoms with Crippen molar-refractivity contribution in [3.63, 3.8) is 0 Å². The molecule has 1 aliphatic rings. The van der Waals surface area contributed by atoms with Crippen molar-refractivity contribution >= 4 is 62.5 Å². The number of hydrogen-bond acceptors (Lipinski definition) is 9. The van der Waals surface area contributed by atoms with Gasteiger partial charge in [-0.25, -0.2) is 19.1 Å². The lowest BCUT2D eigenvalue weighted by molar-refractivity contribution is -0.139. The SMILES string of the molecule is CNC(=O)c1ccc(-n2cc(CN(CC3CCN(C(=O)Nc4ccccc4)CC3)c3cccc(-c4sc(C(=O)O)c(OCC(=O)O)c4Br)c3)nn2)cc1. The van der Waals surface area contributed by atoms with Gasteiger partial charge in [0.25, 0.3) is 5.91 Å². The molecule has 3 aromatic carbocycles. The molecule has 0 spiro atoms. The number of urea groups is 1. The van der Waals surface area contributed by atoms with E-state index >= 15 is 0 Å². The smallest absolute Gasteiger partial charge is 0.349 e. The number of likely N-dealkylation sites (tertiary alicyclic amines) is 1. The molecule has 1 aliphatic heterocycles. The fourth-order valence-corrected chi connectivity index (χ4v) is 7.94. The molecule has 16 heteroatoms. The van der Waals surface area contributed by atoms with Gasteiger partial charge >= 0.3 is 18.0 Å². The molecule has 3 amide bonds. The maximum Gasteiger partial charge on any atom is 0.349 e. The van der Waals surface area contributed by atoms with Gasteiger partial charge in [-0.1, -0.05) is 35.5 Å². The highest BCUT2D eigenvalue weighted by Crippen LogP contribution is 2.46. The van der Waals surface area contributed by atoms with Crippen LogP contribution in [0.3, 0.4) is 0 Å². The molecule has 6 rings (SSSR count). The zero-order valence-electron chi connectivity index (χ0n) is 28.6. The van der Waals surface area contributed by atoms with Crippen molar-refractivity contribution in [2.75, 3.05) is 43.5 Å². The van der Waals surface area contributed by atoms with E-state index in [2.05, 4.69) is 41.8 Å². The highest BCUT2D eigenvalue weighted by molar-refractivity contribution is 9.10. The van der Waals surface area contributed by atoms with Crippen molar-refractivity contribution in [2.45, 2.75) is 19.4 Å². The van der Waals surface area contributed by atoms with Crippen molar-refractivity contribution in [3.8, 4) is 21.9 Å². The molecule has 5 aromatic rings. The van der Waals surface area contributed by atoms with Crippen LogP contribution in [0.5, 0.6) is 5.75 Å². The van der Waals surface area contributed by atoms with Crippen LogP contribution in [-0.2, 0) is 11.3 Å². The maximum atomic E-state index is 13.0. The van der Waals surface area contributed by atoms with Gasteiger partial charge in [0, 0.05) is 43.6 Å². The zero-order chi connectivity index (χ0) is 37.5. The number of thiophene rings is 1. The van der Waals surface area contributed by atoms with Gasteiger partial charge in [-0.3, -0.25) is 4.79 Å². The van der Waals surface area contributed by atoms with Crippen molar-refractivity contribution < 1.29 is 34.1 Å². The number of halogens is 1. The second-order valence-electron chi connectivity index (χ2n) is 12.3. The summed E-state index contributed by atoms with van der Waals surface area (Å²) in [6.45, 7) is 1.55. The lowest BCUT2D eigenvalue weighted by atomic mass is 9.96. The third-order valence-corrected chi connectivity index (χ3v) is 11.0. The van der Waals surface area contributed by atoms with Crippen LogP contribution in [0.1, 0.15) is 38.6 Å². The van der Waals surface area contributed by atoms with Crippen LogP contribution >= 0.6 is 27.3 Å². The molecule has 53 heavy (non-hydrogen) atoms. The van der Waals surface area contributed by atoms with E-state index in [1.54, 1.807) is 36.0 Å². The quantitative estimate of drug-likeness (QED) is 0.107. The van der Waals surface area contributed by atoms with E-state index in [1.165, 1.54) is 0 Å². The first kappa shape index (κ1) is 37.0. The molecular weight excluding hydrogens is 766 g/mol. The number of ether oxygens (including phenoxy) is 1. The number of carbonyl (C=O) groups is 4. The van der Waals surface area contributed by atoms with Gasteiger partial charge in [0.05, 0.1) is 27.8 Å². The Hall–Kier alpha value is -5.74. The Labute approximate surface area is 317 Å². The first-order valence-electron chi connectivity index (χ1n) is 16.7. The van der Waals surface area contributed by atoms with Crippen molar-refractivity contribution in [1.82, 2.24) is 25.2 Å². The Morgan fingerprint density at radius 1 is 1.00 bits per heavy atom. The Kier molecular flexibility index (Phi) is 11.7. The van der Waals surface area contributed by atoms with E-state index in [4.69, 9.17) is 9.84 Å². The largest absolute Gasteiger partial charge is 0.479 e. The predicted molar refractivity (Wildman–Crippen MR) is 203 cm³/mol. The molecule has 0 saturated carbocycles. The predicted octanol–water partition coefficient (Wildman–Crippen LogP) is 6.23.